The van der Waals surface area contributed by atoms with Gasteiger partial charge in [-0.15, -0.1) is 0 Å². The number of non-ortho nitro benzene ring substituents is 1. The number of hydrogen-bond donors (Lipinski definition) is 0. The van der Waals surface area contributed by atoms with E-state index in [0.717, 1.165) is 6.42 Å². The Kier molecular flexibility index (Phi) is 2.63. The minimum atomic E-state index is -0.498. The molecule has 82 valence electrons. The van der Waals surface area contributed by atoms with E-state index in [4.69, 9.17) is 0 Å². The number of carbonyl (C=O) groups is 1. The normalized spacial score (nSPS) is 14.1. The third-order valence-corrected chi connectivity index (χ3v) is 2.25. The maximum Gasteiger partial charge on any atom is 0.273 e. The molecule has 0 N–H and O–H groups in total. The lowest BCUT2D eigenvalue weighted by Crippen LogP contribution is -2.23. The summed E-state index contributed by atoms with van der Waals surface area (Å²) in [4.78, 5) is 21.7. The van der Waals surface area contributed by atoms with Crippen molar-refractivity contribution in [2.75, 3.05) is 6.54 Å². The van der Waals surface area contributed by atoms with Crippen LogP contribution in [0.4, 0.5) is 5.69 Å². The number of nitrogens with zero attached hydrogens (tertiary/aromatic N) is 3. The standard InChI is InChI=1S/C10H9N3O3/c14-10(12-7-1-6-11-12)8-2-4-9(5-3-8)13(15)16/h2-6H,1,7H2. The van der Waals surface area contributed by atoms with Crippen molar-refractivity contribution in [1.82, 2.24) is 5.01 Å². The Bertz CT molecular complexity index is 453. The fraction of sp³-hybridized carbons (Fsp3) is 0.200. The predicted octanol–water partition coefficient (Wildman–Crippen LogP) is 1.43. The van der Waals surface area contributed by atoms with Gasteiger partial charge in [0.25, 0.3) is 11.6 Å². The van der Waals surface area contributed by atoms with Gasteiger partial charge in [0.2, 0.25) is 0 Å². The Hall–Kier alpha value is -2.24. The van der Waals surface area contributed by atoms with E-state index >= 15 is 0 Å². The molecule has 1 aliphatic heterocycles. The first-order valence-electron chi connectivity index (χ1n) is 4.77. The SMILES string of the molecule is O=C(c1ccc([N+](=O)[O-])cc1)N1CCC=N1. The lowest BCUT2D eigenvalue weighted by atomic mass is 10.2. The molecule has 0 bridgehead atoms. The zero-order valence-electron chi connectivity index (χ0n) is 8.37. The molecular weight excluding hydrogens is 210 g/mol. The van der Waals surface area contributed by atoms with E-state index in [1.807, 2.05) is 0 Å². The first-order chi connectivity index (χ1) is 7.68. The van der Waals surface area contributed by atoms with Crippen LogP contribution in [-0.2, 0) is 0 Å². The van der Waals surface area contributed by atoms with Crippen LogP contribution in [0.2, 0.25) is 0 Å². The molecule has 1 heterocycles. The smallest absolute Gasteiger partial charge is 0.267 e. The molecule has 1 aromatic carbocycles. The van der Waals surface area contributed by atoms with Crippen LogP contribution in [0.3, 0.4) is 0 Å². The van der Waals surface area contributed by atoms with Gasteiger partial charge in [0.1, 0.15) is 0 Å². The highest BCUT2D eigenvalue weighted by Gasteiger charge is 2.17. The van der Waals surface area contributed by atoms with E-state index in [9.17, 15) is 14.9 Å². The van der Waals surface area contributed by atoms with Gasteiger partial charge in [-0.3, -0.25) is 14.9 Å². The van der Waals surface area contributed by atoms with Crippen molar-refractivity contribution in [2.24, 2.45) is 5.10 Å². The molecule has 6 heteroatoms. The van der Waals surface area contributed by atoms with Gasteiger partial charge in [0.15, 0.2) is 0 Å². The van der Waals surface area contributed by atoms with Crippen LogP contribution in [0.1, 0.15) is 16.8 Å². The quantitative estimate of drug-likeness (QED) is 0.557. The van der Waals surface area contributed by atoms with Crippen molar-refractivity contribution >= 4 is 17.8 Å². The Morgan fingerprint density at radius 3 is 2.56 bits per heavy atom. The summed E-state index contributed by atoms with van der Waals surface area (Å²) in [5.74, 6) is -0.233. The van der Waals surface area contributed by atoms with Gasteiger partial charge >= 0.3 is 0 Å². The number of nitro groups is 1. The zero-order chi connectivity index (χ0) is 11.5. The molecule has 0 spiro atoms. The van der Waals surface area contributed by atoms with Crippen LogP contribution in [-0.4, -0.2) is 28.6 Å². The molecule has 0 saturated heterocycles. The van der Waals surface area contributed by atoms with Gasteiger partial charge in [-0.05, 0) is 12.1 Å². The maximum atomic E-state index is 11.8. The fourth-order valence-electron chi connectivity index (χ4n) is 1.42. The Morgan fingerprint density at radius 1 is 1.38 bits per heavy atom. The van der Waals surface area contributed by atoms with E-state index < -0.39 is 4.92 Å². The molecule has 0 radical (unpaired) electrons. The molecule has 0 atom stereocenters. The van der Waals surface area contributed by atoms with Gasteiger partial charge in [-0.2, -0.15) is 5.10 Å². The minimum Gasteiger partial charge on any atom is -0.267 e. The van der Waals surface area contributed by atoms with Crippen molar-refractivity contribution in [2.45, 2.75) is 6.42 Å². The molecule has 0 aliphatic carbocycles. The summed E-state index contributed by atoms with van der Waals surface area (Å²) in [6, 6.07) is 5.50. The van der Waals surface area contributed by atoms with Crippen LogP contribution in [0, 0.1) is 10.1 Å². The van der Waals surface area contributed by atoms with Crippen LogP contribution in [0.25, 0.3) is 0 Å². The number of nitro benzene ring substituents is 1. The van der Waals surface area contributed by atoms with Crippen molar-refractivity contribution < 1.29 is 9.72 Å². The summed E-state index contributed by atoms with van der Waals surface area (Å²) < 4.78 is 0. The molecule has 0 aromatic heterocycles. The molecule has 1 aromatic rings. The van der Waals surface area contributed by atoms with E-state index in [2.05, 4.69) is 5.10 Å². The van der Waals surface area contributed by atoms with Crippen LogP contribution < -0.4 is 0 Å². The third-order valence-electron chi connectivity index (χ3n) is 2.25. The van der Waals surface area contributed by atoms with Crippen LogP contribution in [0.15, 0.2) is 29.4 Å². The van der Waals surface area contributed by atoms with E-state index in [1.54, 1.807) is 6.21 Å². The molecule has 1 amide bonds. The highest BCUT2D eigenvalue weighted by molar-refractivity contribution is 5.95. The number of benzene rings is 1. The number of hydrogen-bond acceptors (Lipinski definition) is 4. The van der Waals surface area contributed by atoms with Crippen molar-refractivity contribution in [3.05, 3.63) is 39.9 Å². The lowest BCUT2D eigenvalue weighted by molar-refractivity contribution is -0.384. The second-order valence-corrected chi connectivity index (χ2v) is 3.32. The van der Waals surface area contributed by atoms with Crippen LogP contribution >= 0.6 is 0 Å². The number of rotatable bonds is 2. The molecule has 6 nitrogen and oxygen atoms in total. The zero-order valence-corrected chi connectivity index (χ0v) is 8.37. The highest BCUT2D eigenvalue weighted by Crippen LogP contribution is 2.14. The van der Waals surface area contributed by atoms with Gasteiger partial charge in [0, 0.05) is 36.9 Å². The molecular formula is C10H9N3O3. The topological polar surface area (TPSA) is 75.8 Å². The van der Waals surface area contributed by atoms with Crippen LogP contribution in [0.5, 0.6) is 0 Å². The van der Waals surface area contributed by atoms with E-state index in [-0.39, 0.29) is 11.6 Å². The summed E-state index contributed by atoms with van der Waals surface area (Å²) in [7, 11) is 0. The third kappa shape index (κ3) is 1.90. The molecule has 16 heavy (non-hydrogen) atoms. The average Bonchev–Trinajstić information content (AvgIpc) is 2.81. The number of hydrazone groups is 1. The Labute approximate surface area is 91.3 Å². The summed E-state index contributed by atoms with van der Waals surface area (Å²) in [5, 5.41) is 15.7. The van der Waals surface area contributed by atoms with Crippen molar-refractivity contribution in [3.63, 3.8) is 0 Å². The Balaban J connectivity index is 2.18. The van der Waals surface area contributed by atoms with E-state index in [1.165, 1.54) is 29.3 Å². The lowest BCUT2D eigenvalue weighted by Gasteiger charge is -2.10. The minimum absolute atomic E-state index is 0.0264. The summed E-state index contributed by atoms with van der Waals surface area (Å²) in [6.45, 7) is 0.565. The second-order valence-electron chi connectivity index (χ2n) is 3.32. The van der Waals surface area contributed by atoms with Gasteiger partial charge < -0.3 is 0 Å². The second kappa shape index (κ2) is 4.09. The Morgan fingerprint density at radius 2 is 2.06 bits per heavy atom. The molecule has 1 aliphatic rings. The molecule has 2 rings (SSSR count). The van der Waals surface area contributed by atoms with Gasteiger partial charge in [0.05, 0.1) is 4.92 Å². The van der Waals surface area contributed by atoms with E-state index in [0.29, 0.717) is 12.1 Å². The van der Waals surface area contributed by atoms with Crippen molar-refractivity contribution in [1.29, 1.82) is 0 Å². The number of amides is 1. The summed E-state index contributed by atoms with van der Waals surface area (Å²) >= 11 is 0. The molecule has 0 unspecified atom stereocenters. The fourth-order valence-corrected chi connectivity index (χ4v) is 1.42. The summed E-state index contributed by atoms with van der Waals surface area (Å²) in [5.41, 5.74) is 0.381. The summed E-state index contributed by atoms with van der Waals surface area (Å²) in [6.07, 6.45) is 2.42. The maximum absolute atomic E-state index is 11.8. The molecule has 0 saturated carbocycles. The monoisotopic (exact) mass is 219 g/mol. The first kappa shape index (κ1) is 10.3. The first-order valence-corrected chi connectivity index (χ1v) is 4.77. The largest absolute Gasteiger partial charge is 0.273 e. The average molecular weight is 219 g/mol. The van der Waals surface area contributed by atoms with Gasteiger partial charge in [-0.25, -0.2) is 5.01 Å². The highest BCUT2D eigenvalue weighted by atomic mass is 16.6. The molecule has 0 fully saturated rings. The van der Waals surface area contributed by atoms with Crippen molar-refractivity contribution in [3.8, 4) is 0 Å². The predicted molar refractivity (Wildman–Crippen MR) is 57.2 cm³/mol. The van der Waals surface area contributed by atoms with Gasteiger partial charge in [-0.1, -0.05) is 0 Å². The number of carbonyl (C=O) groups excluding carboxylic acids is 1.